The van der Waals surface area contributed by atoms with E-state index in [1.54, 1.807) is 0 Å². The van der Waals surface area contributed by atoms with Gasteiger partial charge in [0.1, 0.15) is 0 Å². The van der Waals surface area contributed by atoms with Gasteiger partial charge in [0.05, 0.1) is 6.61 Å². The molecule has 2 nitrogen and oxygen atoms in total. The Labute approximate surface area is 115 Å². The van der Waals surface area contributed by atoms with E-state index in [1.807, 2.05) is 12.1 Å². The van der Waals surface area contributed by atoms with Crippen molar-refractivity contribution in [3.63, 3.8) is 0 Å². The van der Waals surface area contributed by atoms with Crippen LogP contribution in [0.15, 0.2) is 24.3 Å². The zero-order valence-electron chi connectivity index (χ0n) is 11.0. The average Bonchev–Trinajstić information content (AvgIpc) is 2.39. The fourth-order valence-electron chi connectivity index (χ4n) is 2.67. The normalized spacial score (nSPS) is 21.8. The lowest BCUT2D eigenvalue weighted by Gasteiger charge is -2.31. The van der Waals surface area contributed by atoms with Gasteiger partial charge in [-0.25, -0.2) is 0 Å². The van der Waals surface area contributed by atoms with Gasteiger partial charge in [-0.3, -0.25) is 0 Å². The van der Waals surface area contributed by atoms with Crippen molar-refractivity contribution < 1.29 is 4.74 Å². The molecule has 1 fully saturated rings. The van der Waals surface area contributed by atoms with Crippen molar-refractivity contribution in [1.29, 1.82) is 0 Å². The molecule has 0 aromatic heterocycles. The first-order chi connectivity index (χ1) is 8.79. The molecule has 100 valence electrons. The molecule has 0 amide bonds. The summed E-state index contributed by atoms with van der Waals surface area (Å²) in [5, 5.41) is 4.42. The van der Waals surface area contributed by atoms with Crippen molar-refractivity contribution >= 4 is 11.6 Å². The van der Waals surface area contributed by atoms with E-state index in [0.29, 0.717) is 12.0 Å². The number of hydrogen-bond acceptors (Lipinski definition) is 2. The number of benzene rings is 1. The zero-order valence-corrected chi connectivity index (χ0v) is 11.7. The van der Waals surface area contributed by atoms with Crippen LogP contribution in [0.25, 0.3) is 0 Å². The maximum Gasteiger partial charge on any atom is 0.0509 e. The largest absolute Gasteiger partial charge is 0.381 e. The molecular weight excluding hydrogens is 246 g/mol. The minimum Gasteiger partial charge on any atom is -0.381 e. The second-order valence-electron chi connectivity index (χ2n) is 4.98. The smallest absolute Gasteiger partial charge is 0.0509 e. The quantitative estimate of drug-likeness (QED) is 0.884. The van der Waals surface area contributed by atoms with E-state index in [4.69, 9.17) is 16.3 Å². The first-order valence-corrected chi connectivity index (χ1v) is 7.23. The summed E-state index contributed by atoms with van der Waals surface area (Å²) in [7, 11) is 0. The van der Waals surface area contributed by atoms with Crippen LogP contribution in [0.5, 0.6) is 0 Å². The third kappa shape index (κ3) is 3.98. The molecule has 2 unspecified atom stereocenters. The molecule has 2 rings (SSSR count). The molecule has 1 aromatic rings. The van der Waals surface area contributed by atoms with Crippen LogP contribution in [0, 0.1) is 5.92 Å². The van der Waals surface area contributed by atoms with Gasteiger partial charge in [0.2, 0.25) is 0 Å². The van der Waals surface area contributed by atoms with Gasteiger partial charge in [0, 0.05) is 17.7 Å². The van der Waals surface area contributed by atoms with Crippen molar-refractivity contribution in [1.82, 2.24) is 5.32 Å². The molecule has 0 spiro atoms. The van der Waals surface area contributed by atoms with Gasteiger partial charge in [0.15, 0.2) is 0 Å². The van der Waals surface area contributed by atoms with Gasteiger partial charge in [-0.2, -0.15) is 0 Å². The predicted octanol–water partition coefficient (Wildman–Crippen LogP) is 3.29. The molecule has 0 radical (unpaired) electrons. The molecular formula is C15H22ClNO. The summed E-state index contributed by atoms with van der Waals surface area (Å²) < 4.78 is 5.60. The van der Waals surface area contributed by atoms with Crippen LogP contribution < -0.4 is 5.32 Å². The summed E-state index contributed by atoms with van der Waals surface area (Å²) in [5.41, 5.74) is 1.30. The lowest BCUT2D eigenvalue weighted by atomic mass is 9.89. The Morgan fingerprint density at radius 1 is 1.50 bits per heavy atom. The first kappa shape index (κ1) is 13.9. The van der Waals surface area contributed by atoms with Crippen molar-refractivity contribution in [3.05, 3.63) is 34.9 Å². The average molecular weight is 268 g/mol. The monoisotopic (exact) mass is 267 g/mol. The summed E-state index contributed by atoms with van der Waals surface area (Å²) in [6.07, 6.45) is 3.47. The Hall–Kier alpha value is -0.570. The highest BCUT2D eigenvalue weighted by molar-refractivity contribution is 6.30. The molecule has 1 aliphatic heterocycles. The third-order valence-electron chi connectivity index (χ3n) is 3.58. The minimum absolute atomic E-state index is 0.494. The lowest BCUT2D eigenvalue weighted by Crippen LogP contribution is -2.41. The van der Waals surface area contributed by atoms with E-state index in [-0.39, 0.29) is 0 Å². The summed E-state index contributed by atoms with van der Waals surface area (Å²) in [5.74, 6) is 0.623. The molecule has 1 N–H and O–H groups in total. The second kappa shape index (κ2) is 7.13. The van der Waals surface area contributed by atoms with Crippen molar-refractivity contribution in [2.24, 2.45) is 5.92 Å². The fourth-order valence-corrected chi connectivity index (χ4v) is 2.88. The summed E-state index contributed by atoms with van der Waals surface area (Å²) in [4.78, 5) is 0. The van der Waals surface area contributed by atoms with Gasteiger partial charge >= 0.3 is 0 Å². The van der Waals surface area contributed by atoms with Crippen LogP contribution in [0.4, 0.5) is 0 Å². The zero-order chi connectivity index (χ0) is 12.8. The highest BCUT2D eigenvalue weighted by Gasteiger charge is 2.23. The van der Waals surface area contributed by atoms with Gasteiger partial charge in [0.25, 0.3) is 0 Å². The Kier molecular flexibility index (Phi) is 5.48. The van der Waals surface area contributed by atoms with Crippen molar-refractivity contribution in [2.45, 2.75) is 32.2 Å². The van der Waals surface area contributed by atoms with E-state index in [0.717, 1.165) is 31.2 Å². The molecule has 1 heterocycles. The van der Waals surface area contributed by atoms with Gasteiger partial charge < -0.3 is 10.1 Å². The van der Waals surface area contributed by atoms with Gasteiger partial charge in [-0.1, -0.05) is 30.7 Å². The number of likely N-dealkylation sites (N-methyl/N-ethyl adjacent to an activating group) is 1. The highest BCUT2D eigenvalue weighted by atomic mass is 35.5. The lowest BCUT2D eigenvalue weighted by molar-refractivity contribution is 0.0396. The standard InChI is InChI=1S/C15H22ClNO/c1-2-17-15(13-6-4-8-18-11-13)10-12-5-3-7-14(16)9-12/h3,5,7,9,13,15,17H,2,4,6,8,10-11H2,1H3. The highest BCUT2D eigenvalue weighted by Crippen LogP contribution is 2.21. The van der Waals surface area contributed by atoms with Crippen LogP contribution in [0.2, 0.25) is 5.02 Å². The second-order valence-corrected chi connectivity index (χ2v) is 5.41. The predicted molar refractivity (Wildman–Crippen MR) is 76.2 cm³/mol. The van der Waals surface area contributed by atoms with Gasteiger partial charge in [-0.05, 0) is 49.4 Å². The van der Waals surface area contributed by atoms with Crippen LogP contribution in [-0.2, 0) is 11.2 Å². The molecule has 18 heavy (non-hydrogen) atoms. The Morgan fingerprint density at radius 3 is 3.06 bits per heavy atom. The maximum atomic E-state index is 6.05. The molecule has 0 saturated carbocycles. The SMILES string of the molecule is CCNC(Cc1cccc(Cl)c1)C1CCCOC1. The first-order valence-electron chi connectivity index (χ1n) is 6.85. The molecule has 3 heteroatoms. The summed E-state index contributed by atoms with van der Waals surface area (Å²) >= 11 is 6.05. The van der Waals surface area contributed by atoms with E-state index in [1.165, 1.54) is 18.4 Å². The number of ether oxygens (including phenoxy) is 1. The molecule has 1 aromatic carbocycles. The third-order valence-corrected chi connectivity index (χ3v) is 3.81. The fraction of sp³-hybridized carbons (Fsp3) is 0.600. The van der Waals surface area contributed by atoms with E-state index in [9.17, 15) is 0 Å². The number of hydrogen-bond donors (Lipinski definition) is 1. The van der Waals surface area contributed by atoms with Crippen LogP contribution >= 0.6 is 11.6 Å². The van der Waals surface area contributed by atoms with Crippen LogP contribution in [0.3, 0.4) is 0 Å². The number of rotatable bonds is 5. The van der Waals surface area contributed by atoms with Crippen LogP contribution in [0.1, 0.15) is 25.3 Å². The molecule has 1 saturated heterocycles. The van der Waals surface area contributed by atoms with Gasteiger partial charge in [-0.15, -0.1) is 0 Å². The molecule has 0 aliphatic carbocycles. The van der Waals surface area contributed by atoms with Crippen molar-refractivity contribution in [2.75, 3.05) is 19.8 Å². The topological polar surface area (TPSA) is 21.3 Å². The number of halogens is 1. The minimum atomic E-state index is 0.494. The van der Waals surface area contributed by atoms with E-state index < -0.39 is 0 Å². The summed E-state index contributed by atoms with van der Waals surface area (Å²) in [6.45, 7) is 4.97. The van der Waals surface area contributed by atoms with Crippen molar-refractivity contribution in [3.8, 4) is 0 Å². The van der Waals surface area contributed by atoms with E-state index in [2.05, 4.69) is 24.4 Å². The Balaban J connectivity index is 2.00. The van der Waals surface area contributed by atoms with Crippen LogP contribution in [-0.4, -0.2) is 25.8 Å². The molecule has 1 aliphatic rings. The molecule has 0 bridgehead atoms. The van der Waals surface area contributed by atoms with E-state index >= 15 is 0 Å². The Bertz CT molecular complexity index is 363. The number of nitrogens with one attached hydrogen (secondary N) is 1. The Morgan fingerprint density at radius 2 is 2.39 bits per heavy atom. The summed E-state index contributed by atoms with van der Waals surface area (Å²) in [6, 6.07) is 8.67. The molecule has 2 atom stereocenters. The maximum absolute atomic E-state index is 6.05.